The van der Waals surface area contributed by atoms with Gasteiger partial charge < -0.3 is 15.6 Å². The van der Waals surface area contributed by atoms with Gasteiger partial charge in [0.1, 0.15) is 0 Å². The van der Waals surface area contributed by atoms with Crippen molar-refractivity contribution in [3.05, 3.63) is 48.8 Å². The third-order valence-corrected chi connectivity index (χ3v) is 4.30. The molecule has 0 bridgehead atoms. The standard InChI is InChI=1S/C16H16N6OS/c1-22-15(11-3-2-8-18-9-11)20-21-16(22)24-10-14(23)19-13-6-4-12(17)5-7-13/h2-9H,10,17H2,1H3,(H,19,23). The zero-order valence-electron chi connectivity index (χ0n) is 13.0. The lowest BCUT2D eigenvalue weighted by molar-refractivity contribution is -0.113. The van der Waals surface area contributed by atoms with Gasteiger partial charge in [-0.05, 0) is 36.4 Å². The maximum Gasteiger partial charge on any atom is 0.234 e. The number of amides is 1. The van der Waals surface area contributed by atoms with E-state index in [0.29, 0.717) is 22.4 Å². The fourth-order valence-electron chi connectivity index (χ4n) is 2.08. The van der Waals surface area contributed by atoms with Crippen LogP contribution in [-0.2, 0) is 11.8 Å². The predicted octanol–water partition coefficient (Wildman–Crippen LogP) is 2.19. The molecule has 0 aliphatic carbocycles. The van der Waals surface area contributed by atoms with E-state index in [-0.39, 0.29) is 11.7 Å². The molecule has 3 rings (SSSR count). The monoisotopic (exact) mass is 340 g/mol. The van der Waals surface area contributed by atoms with Gasteiger partial charge in [-0.3, -0.25) is 9.78 Å². The third-order valence-electron chi connectivity index (χ3n) is 3.28. The number of anilines is 2. The zero-order valence-corrected chi connectivity index (χ0v) is 13.8. The van der Waals surface area contributed by atoms with Crippen molar-refractivity contribution in [2.24, 2.45) is 7.05 Å². The van der Waals surface area contributed by atoms with E-state index in [2.05, 4.69) is 20.5 Å². The summed E-state index contributed by atoms with van der Waals surface area (Å²) in [6, 6.07) is 10.8. The zero-order chi connectivity index (χ0) is 16.9. The van der Waals surface area contributed by atoms with Crippen molar-refractivity contribution in [1.29, 1.82) is 0 Å². The topological polar surface area (TPSA) is 98.7 Å². The lowest BCUT2D eigenvalue weighted by Gasteiger charge is -2.06. The second kappa shape index (κ2) is 7.14. The van der Waals surface area contributed by atoms with Crippen LogP contribution in [-0.4, -0.2) is 31.4 Å². The fraction of sp³-hybridized carbons (Fsp3) is 0.125. The van der Waals surface area contributed by atoms with Crippen LogP contribution in [0, 0.1) is 0 Å². The van der Waals surface area contributed by atoms with Gasteiger partial charge in [-0.2, -0.15) is 0 Å². The minimum atomic E-state index is -0.115. The second-order valence-corrected chi connectivity index (χ2v) is 6.01. The Morgan fingerprint density at radius 3 is 2.75 bits per heavy atom. The van der Waals surface area contributed by atoms with Gasteiger partial charge in [0.2, 0.25) is 5.91 Å². The molecule has 7 nitrogen and oxygen atoms in total. The van der Waals surface area contributed by atoms with E-state index in [1.54, 1.807) is 36.7 Å². The molecule has 2 aromatic heterocycles. The molecule has 0 saturated heterocycles. The van der Waals surface area contributed by atoms with Gasteiger partial charge in [0.15, 0.2) is 11.0 Å². The molecule has 0 unspecified atom stereocenters. The molecule has 0 fully saturated rings. The highest BCUT2D eigenvalue weighted by Gasteiger charge is 2.13. The summed E-state index contributed by atoms with van der Waals surface area (Å²) in [4.78, 5) is 16.1. The van der Waals surface area contributed by atoms with Crippen molar-refractivity contribution in [2.75, 3.05) is 16.8 Å². The molecule has 0 radical (unpaired) electrons. The van der Waals surface area contributed by atoms with Crippen LogP contribution >= 0.6 is 11.8 Å². The number of nitrogens with two attached hydrogens (primary N) is 1. The minimum absolute atomic E-state index is 0.115. The number of hydrogen-bond donors (Lipinski definition) is 2. The van der Waals surface area contributed by atoms with E-state index in [1.807, 2.05) is 23.7 Å². The molecule has 24 heavy (non-hydrogen) atoms. The Morgan fingerprint density at radius 2 is 2.04 bits per heavy atom. The average Bonchev–Trinajstić information content (AvgIpc) is 2.97. The first-order chi connectivity index (χ1) is 11.6. The number of pyridine rings is 1. The van der Waals surface area contributed by atoms with Crippen molar-refractivity contribution >= 4 is 29.0 Å². The van der Waals surface area contributed by atoms with Crippen LogP contribution in [0.15, 0.2) is 53.9 Å². The first-order valence-electron chi connectivity index (χ1n) is 7.21. The molecule has 1 amide bonds. The van der Waals surface area contributed by atoms with Crippen LogP contribution in [0.5, 0.6) is 0 Å². The van der Waals surface area contributed by atoms with Crippen LogP contribution < -0.4 is 11.1 Å². The molecule has 3 N–H and O–H groups in total. The first kappa shape index (κ1) is 16.0. The van der Waals surface area contributed by atoms with Crippen LogP contribution in [0.4, 0.5) is 11.4 Å². The second-order valence-electron chi connectivity index (χ2n) is 5.07. The Hall–Kier alpha value is -2.87. The maximum absolute atomic E-state index is 12.0. The normalized spacial score (nSPS) is 10.5. The number of carbonyl (C=O) groups is 1. The Labute approximate surface area is 143 Å². The molecule has 0 atom stereocenters. The SMILES string of the molecule is Cn1c(SCC(=O)Nc2ccc(N)cc2)nnc1-c1cccnc1. The van der Waals surface area contributed by atoms with Crippen molar-refractivity contribution in [3.8, 4) is 11.4 Å². The van der Waals surface area contributed by atoms with E-state index in [0.717, 1.165) is 5.56 Å². The first-order valence-corrected chi connectivity index (χ1v) is 8.20. The number of nitrogens with one attached hydrogen (secondary N) is 1. The summed E-state index contributed by atoms with van der Waals surface area (Å²) in [6.07, 6.45) is 3.43. The number of carbonyl (C=O) groups excluding carboxylic acids is 1. The van der Waals surface area contributed by atoms with Gasteiger partial charge in [-0.25, -0.2) is 0 Å². The minimum Gasteiger partial charge on any atom is -0.399 e. The van der Waals surface area contributed by atoms with E-state index in [4.69, 9.17) is 5.73 Å². The highest BCUT2D eigenvalue weighted by atomic mass is 32.2. The van der Waals surface area contributed by atoms with Crippen molar-refractivity contribution in [3.63, 3.8) is 0 Å². The van der Waals surface area contributed by atoms with Gasteiger partial charge >= 0.3 is 0 Å². The van der Waals surface area contributed by atoms with Crippen molar-refractivity contribution in [1.82, 2.24) is 19.7 Å². The lowest BCUT2D eigenvalue weighted by atomic mass is 10.3. The van der Waals surface area contributed by atoms with Crippen molar-refractivity contribution < 1.29 is 4.79 Å². The number of rotatable bonds is 5. The summed E-state index contributed by atoms with van der Waals surface area (Å²) in [5, 5.41) is 11.8. The molecular weight excluding hydrogens is 324 g/mol. The number of nitrogen functional groups attached to an aromatic ring is 1. The van der Waals surface area contributed by atoms with E-state index < -0.39 is 0 Å². The van der Waals surface area contributed by atoms with Gasteiger partial charge in [0, 0.05) is 36.4 Å². The van der Waals surface area contributed by atoms with E-state index in [9.17, 15) is 4.79 Å². The summed E-state index contributed by atoms with van der Waals surface area (Å²) < 4.78 is 1.85. The summed E-state index contributed by atoms with van der Waals surface area (Å²) in [5.41, 5.74) is 7.87. The van der Waals surface area contributed by atoms with Gasteiger partial charge in [-0.1, -0.05) is 11.8 Å². The quantitative estimate of drug-likeness (QED) is 0.546. The molecule has 0 aliphatic heterocycles. The molecule has 2 heterocycles. The number of benzene rings is 1. The Bertz CT molecular complexity index is 832. The molecule has 8 heteroatoms. The van der Waals surface area contributed by atoms with Crippen molar-refractivity contribution in [2.45, 2.75) is 5.16 Å². The van der Waals surface area contributed by atoms with E-state index in [1.165, 1.54) is 11.8 Å². The Kier molecular flexibility index (Phi) is 4.76. The fourth-order valence-corrected chi connectivity index (χ4v) is 2.79. The number of nitrogens with zero attached hydrogens (tertiary/aromatic N) is 4. The molecular formula is C16H16N6OS. The van der Waals surface area contributed by atoms with Gasteiger partial charge in [0.25, 0.3) is 0 Å². The Morgan fingerprint density at radius 1 is 1.25 bits per heavy atom. The number of thioether (sulfide) groups is 1. The third kappa shape index (κ3) is 3.72. The number of aromatic nitrogens is 4. The molecule has 0 aliphatic rings. The van der Waals surface area contributed by atoms with Gasteiger partial charge in [-0.15, -0.1) is 10.2 Å². The largest absolute Gasteiger partial charge is 0.399 e. The smallest absolute Gasteiger partial charge is 0.234 e. The average molecular weight is 340 g/mol. The summed E-state index contributed by atoms with van der Waals surface area (Å²) in [5.74, 6) is 0.837. The highest BCUT2D eigenvalue weighted by Crippen LogP contribution is 2.22. The van der Waals surface area contributed by atoms with Crippen LogP contribution in [0.1, 0.15) is 0 Å². The maximum atomic E-state index is 12.0. The number of hydrogen-bond acceptors (Lipinski definition) is 6. The summed E-state index contributed by atoms with van der Waals surface area (Å²) in [7, 11) is 1.86. The van der Waals surface area contributed by atoms with Crippen LogP contribution in [0.25, 0.3) is 11.4 Å². The molecule has 3 aromatic rings. The molecule has 1 aromatic carbocycles. The predicted molar refractivity (Wildman–Crippen MR) is 94.4 cm³/mol. The summed E-state index contributed by atoms with van der Waals surface area (Å²) in [6.45, 7) is 0. The lowest BCUT2D eigenvalue weighted by Crippen LogP contribution is -2.14. The Balaban J connectivity index is 1.62. The highest BCUT2D eigenvalue weighted by molar-refractivity contribution is 7.99. The molecule has 0 spiro atoms. The molecule has 0 saturated carbocycles. The van der Waals surface area contributed by atoms with Crippen LogP contribution in [0.3, 0.4) is 0 Å². The summed E-state index contributed by atoms with van der Waals surface area (Å²) >= 11 is 1.33. The van der Waals surface area contributed by atoms with Gasteiger partial charge in [0.05, 0.1) is 5.75 Å². The van der Waals surface area contributed by atoms with Crippen LogP contribution in [0.2, 0.25) is 0 Å². The van der Waals surface area contributed by atoms with E-state index >= 15 is 0 Å². The molecule has 122 valence electrons.